The van der Waals surface area contributed by atoms with Gasteiger partial charge in [0, 0.05) is 32.8 Å². The van der Waals surface area contributed by atoms with Crippen molar-refractivity contribution in [3.63, 3.8) is 0 Å². The van der Waals surface area contributed by atoms with Crippen LogP contribution in [0, 0.1) is 0 Å². The number of aliphatic hydroxyl groups excluding tert-OH is 1. The van der Waals surface area contributed by atoms with Gasteiger partial charge in [0.2, 0.25) is 5.91 Å². The summed E-state index contributed by atoms with van der Waals surface area (Å²) in [5, 5.41) is 12.7. The molecule has 1 aliphatic heterocycles. The summed E-state index contributed by atoms with van der Waals surface area (Å²) in [5.41, 5.74) is 5.58. The first-order valence-electron chi connectivity index (χ1n) is 4.54. The first-order chi connectivity index (χ1) is 6.25. The van der Waals surface area contributed by atoms with Crippen molar-refractivity contribution in [2.24, 2.45) is 5.73 Å². The first kappa shape index (κ1) is 10.4. The zero-order valence-electron chi connectivity index (χ0n) is 7.65. The van der Waals surface area contributed by atoms with Crippen LogP contribution in [-0.2, 0) is 4.79 Å². The fourth-order valence-electron chi connectivity index (χ4n) is 1.32. The van der Waals surface area contributed by atoms with Gasteiger partial charge in [-0.2, -0.15) is 0 Å². The van der Waals surface area contributed by atoms with E-state index in [4.69, 9.17) is 10.8 Å². The van der Waals surface area contributed by atoms with Gasteiger partial charge in [0.05, 0.1) is 6.04 Å². The first-order valence-corrected chi connectivity index (χ1v) is 4.54. The quantitative estimate of drug-likeness (QED) is 0.542. The second-order valence-corrected chi connectivity index (χ2v) is 3.11. The molecule has 0 bridgehead atoms. The molecule has 1 heterocycles. The third-order valence-corrected chi connectivity index (χ3v) is 2.13. The van der Waals surface area contributed by atoms with Gasteiger partial charge in [0.1, 0.15) is 0 Å². The number of rotatable bonds is 3. The number of nitrogens with zero attached hydrogens (tertiary/aromatic N) is 2. The van der Waals surface area contributed by atoms with Crippen molar-refractivity contribution in [1.29, 1.82) is 0 Å². The van der Waals surface area contributed by atoms with Gasteiger partial charge in [-0.15, -0.1) is 0 Å². The predicted molar refractivity (Wildman–Crippen MR) is 48.1 cm³/mol. The lowest BCUT2D eigenvalue weighted by Gasteiger charge is -2.28. The average molecular weight is 186 g/mol. The Morgan fingerprint density at radius 1 is 1.54 bits per heavy atom. The summed E-state index contributed by atoms with van der Waals surface area (Å²) >= 11 is 0. The fraction of sp³-hybridized carbons (Fsp3) is 0.875. The molecule has 13 heavy (non-hydrogen) atoms. The van der Waals surface area contributed by atoms with Gasteiger partial charge in [-0.1, -0.05) is 0 Å². The van der Waals surface area contributed by atoms with Gasteiger partial charge < -0.3 is 15.7 Å². The second-order valence-electron chi connectivity index (χ2n) is 3.11. The van der Waals surface area contributed by atoms with Crippen molar-refractivity contribution in [3.8, 4) is 0 Å². The Bertz CT molecular complexity index is 169. The molecule has 1 aliphatic rings. The Morgan fingerprint density at radius 2 is 2.15 bits per heavy atom. The monoisotopic (exact) mass is 186 g/mol. The predicted octanol–water partition coefficient (Wildman–Crippen LogP) is -1.86. The van der Waals surface area contributed by atoms with Crippen molar-refractivity contribution in [2.75, 3.05) is 32.8 Å². The van der Waals surface area contributed by atoms with Crippen LogP contribution in [0.2, 0.25) is 0 Å². The van der Waals surface area contributed by atoms with Gasteiger partial charge in [-0.25, -0.2) is 5.32 Å². The molecule has 5 nitrogen and oxygen atoms in total. The van der Waals surface area contributed by atoms with Crippen LogP contribution in [0.15, 0.2) is 0 Å². The third kappa shape index (κ3) is 2.95. The van der Waals surface area contributed by atoms with Gasteiger partial charge in [0.25, 0.3) is 0 Å². The molecule has 5 heteroatoms. The summed E-state index contributed by atoms with van der Waals surface area (Å²) in [6.45, 7) is 2.70. The lowest BCUT2D eigenvalue weighted by molar-refractivity contribution is -0.133. The van der Waals surface area contributed by atoms with E-state index in [1.54, 1.807) is 4.90 Å². The van der Waals surface area contributed by atoms with Gasteiger partial charge in [-0.3, -0.25) is 4.79 Å². The molecule has 0 aromatic heterocycles. The van der Waals surface area contributed by atoms with Crippen LogP contribution in [-0.4, -0.2) is 54.7 Å². The summed E-state index contributed by atoms with van der Waals surface area (Å²) in [7, 11) is 0. The molecule has 1 rings (SSSR count). The lowest BCUT2D eigenvalue weighted by Crippen LogP contribution is -2.50. The molecular formula is C8H16N3O2. The van der Waals surface area contributed by atoms with E-state index < -0.39 is 6.04 Å². The van der Waals surface area contributed by atoms with Crippen LogP contribution in [0.25, 0.3) is 0 Å². The number of piperazine rings is 1. The van der Waals surface area contributed by atoms with Crippen molar-refractivity contribution in [3.05, 3.63) is 0 Å². The van der Waals surface area contributed by atoms with E-state index in [9.17, 15) is 4.79 Å². The zero-order valence-corrected chi connectivity index (χ0v) is 7.65. The minimum Gasteiger partial charge on any atom is -0.396 e. The van der Waals surface area contributed by atoms with E-state index >= 15 is 0 Å². The SMILES string of the molecule is NC(CCO)C(=O)N1CC[N]CC1. The van der Waals surface area contributed by atoms with E-state index in [2.05, 4.69) is 5.32 Å². The molecule has 0 aliphatic carbocycles. The largest absolute Gasteiger partial charge is 0.396 e. The average Bonchev–Trinajstić information content (AvgIpc) is 2.18. The lowest BCUT2D eigenvalue weighted by atomic mass is 10.2. The molecule has 0 spiro atoms. The van der Waals surface area contributed by atoms with Gasteiger partial charge in [-0.05, 0) is 6.42 Å². The van der Waals surface area contributed by atoms with Crippen molar-refractivity contribution < 1.29 is 9.90 Å². The minimum absolute atomic E-state index is 0.0366. The Labute approximate surface area is 77.9 Å². The highest BCUT2D eigenvalue weighted by atomic mass is 16.3. The topological polar surface area (TPSA) is 80.7 Å². The standard InChI is InChI=1S/C8H16N3O2/c9-7(1-6-12)8(13)11-4-2-10-3-5-11/h7,12H,1-6,9H2. The maximum Gasteiger partial charge on any atom is 0.239 e. The Balaban J connectivity index is 2.36. The molecule has 3 N–H and O–H groups in total. The number of hydrogen-bond donors (Lipinski definition) is 2. The molecule has 1 saturated heterocycles. The van der Waals surface area contributed by atoms with Crippen LogP contribution in [0.4, 0.5) is 0 Å². The highest BCUT2D eigenvalue weighted by Gasteiger charge is 2.21. The van der Waals surface area contributed by atoms with Gasteiger partial charge >= 0.3 is 0 Å². The Hall–Kier alpha value is -0.650. The molecule has 1 atom stereocenters. The molecule has 1 amide bonds. The number of amides is 1. The number of carbonyl (C=O) groups excluding carboxylic acids is 1. The molecule has 0 saturated carbocycles. The Kier molecular flexibility index (Phi) is 4.14. The summed E-state index contributed by atoms with van der Waals surface area (Å²) in [5.74, 6) is -0.0658. The van der Waals surface area contributed by atoms with Crippen molar-refractivity contribution in [1.82, 2.24) is 10.2 Å². The van der Waals surface area contributed by atoms with Crippen LogP contribution < -0.4 is 11.1 Å². The maximum absolute atomic E-state index is 11.5. The molecule has 1 radical (unpaired) electrons. The van der Waals surface area contributed by atoms with E-state index in [0.29, 0.717) is 32.6 Å². The van der Waals surface area contributed by atoms with E-state index in [1.165, 1.54) is 0 Å². The van der Waals surface area contributed by atoms with E-state index in [-0.39, 0.29) is 12.5 Å². The number of hydrogen-bond acceptors (Lipinski definition) is 3. The zero-order chi connectivity index (χ0) is 9.68. The summed E-state index contributed by atoms with van der Waals surface area (Å²) in [6.07, 6.45) is 0.340. The number of aliphatic hydroxyl groups is 1. The fourth-order valence-corrected chi connectivity index (χ4v) is 1.32. The molecule has 75 valence electrons. The van der Waals surface area contributed by atoms with E-state index in [0.717, 1.165) is 0 Å². The number of carbonyl (C=O) groups is 1. The third-order valence-electron chi connectivity index (χ3n) is 2.13. The minimum atomic E-state index is -0.553. The van der Waals surface area contributed by atoms with Crippen LogP contribution in [0.1, 0.15) is 6.42 Å². The summed E-state index contributed by atoms with van der Waals surface area (Å²) in [4.78, 5) is 13.3. The van der Waals surface area contributed by atoms with Crippen LogP contribution in [0.5, 0.6) is 0 Å². The van der Waals surface area contributed by atoms with Crippen molar-refractivity contribution >= 4 is 5.91 Å². The Morgan fingerprint density at radius 3 is 2.69 bits per heavy atom. The van der Waals surface area contributed by atoms with Gasteiger partial charge in [0.15, 0.2) is 0 Å². The maximum atomic E-state index is 11.5. The second kappa shape index (κ2) is 5.16. The summed E-state index contributed by atoms with van der Waals surface area (Å²) in [6, 6.07) is -0.553. The molecule has 1 unspecified atom stereocenters. The molecule has 0 aromatic rings. The highest BCUT2D eigenvalue weighted by Crippen LogP contribution is 1.99. The summed E-state index contributed by atoms with van der Waals surface area (Å²) < 4.78 is 0. The van der Waals surface area contributed by atoms with Crippen molar-refractivity contribution in [2.45, 2.75) is 12.5 Å². The number of nitrogens with two attached hydrogens (primary N) is 1. The normalized spacial score (nSPS) is 20.0. The van der Waals surface area contributed by atoms with E-state index in [1.807, 2.05) is 0 Å². The van der Waals surface area contributed by atoms with Crippen LogP contribution in [0.3, 0.4) is 0 Å². The molecule has 1 fully saturated rings. The molecule has 0 aromatic carbocycles. The van der Waals surface area contributed by atoms with Crippen LogP contribution >= 0.6 is 0 Å². The highest BCUT2D eigenvalue weighted by molar-refractivity contribution is 5.81. The smallest absolute Gasteiger partial charge is 0.239 e. The molecular weight excluding hydrogens is 170 g/mol.